The van der Waals surface area contributed by atoms with E-state index in [1.807, 2.05) is 80.5 Å². The second-order valence-corrected chi connectivity index (χ2v) is 13.6. The lowest BCUT2D eigenvalue weighted by molar-refractivity contribution is -0.126. The van der Waals surface area contributed by atoms with Gasteiger partial charge in [0.15, 0.2) is 0 Å². The molecule has 1 aromatic heterocycles. The van der Waals surface area contributed by atoms with Crippen molar-refractivity contribution in [3.05, 3.63) is 78.2 Å². The van der Waals surface area contributed by atoms with Gasteiger partial charge in [-0.3, -0.25) is 14.4 Å². The van der Waals surface area contributed by atoms with Crippen LogP contribution in [0.25, 0.3) is 0 Å². The second kappa shape index (κ2) is 11.7. The molecule has 3 heterocycles. The van der Waals surface area contributed by atoms with Crippen molar-refractivity contribution in [1.29, 1.82) is 0 Å². The molecule has 2 aliphatic carbocycles. The van der Waals surface area contributed by atoms with Crippen LogP contribution in [0.4, 0.5) is 4.79 Å². The first-order valence-electron chi connectivity index (χ1n) is 15.6. The van der Waals surface area contributed by atoms with Crippen molar-refractivity contribution in [3.63, 3.8) is 0 Å². The van der Waals surface area contributed by atoms with Crippen molar-refractivity contribution in [2.45, 2.75) is 89.1 Å². The number of rotatable bonds is 6. The number of carbonyl (C=O) groups excluding carboxylic acids is 2. The average molecular weight is 573 g/mol. The van der Waals surface area contributed by atoms with E-state index >= 15 is 0 Å². The lowest BCUT2D eigenvalue weighted by atomic mass is 9.90. The summed E-state index contributed by atoms with van der Waals surface area (Å²) in [5.41, 5.74) is 0.967. The molecule has 1 saturated carbocycles. The van der Waals surface area contributed by atoms with Gasteiger partial charge < -0.3 is 14.7 Å². The summed E-state index contributed by atoms with van der Waals surface area (Å²) in [4.78, 5) is 30.7. The molecule has 6 atom stereocenters. The molecular formula is C34H44N4O4. The number of fused-ring (bicyclic) bond motifs is 1. The Morgan fingerprint density at radius 2 is 1.81 bits per heavy atom. The Labute approximate surface area is 249 Å². The fourth-order valence-corrected chi connectivity index (χ4v) is 7.60. The van der Waals surface area contributed by atoms with Gasteiger partial charge in [-0.1, -0.05) is 48.6 Å². The van der Waals surface area contributed by atoms with Gasteiger partial charge in [-0.15, -0.1) is 0 Å². The van der Waals surface area contributed by atoms with Crippen LogP contribution in [0.15, 0.2) is 72.6 Å². The largest absolute Gasteiger partial charge is 0.444 e. The SMILES string of the molecule is CC(C)(C)OC(=O)N1[C@H](CC2C=CC(C(=O)N3CC4CC(n5cccn5)CC4C3)=CC2)CC[C@@H]1[C@H](O)c1ccccc1. The molecule has 6 rings (SSSR count). The maximum Gasteiger partial charge on any atom is 0.410 e. The maximum absolute atomic E-state index is 13.4. The van der Waals surface area contributed by atoms with Gasteiger partial charge in [0.25, 0.3) is 5.91 Å². The quantitative estimate of drug-likeness (QED) is 0.481. The number of hydrogen-bond acceptors (Lipinski definition) is 5. The van der Waals surface area contributed by atoms with Gasteiger partial charge in [0.2, 0.25) is 0 Å². The zero-order valence-electron chi connectivity index (χ0n) is 25.0. The van der Waals surface area contributed by atoms with Crippen molar-refractivity contribution in [3.8, 4) is 0 Å². The van der Waals surface area contributed by atoms with Crippen LogP contribution < -0.4 is 0 Å². The highest BCUT2D eigenvalue weighted by molar-refractivity contribution is 5.96. The summed E-state index contributed by atoms with van der Waals surface area (Å²) in [6, 6.07) is 11.6. The van der Waals surface area contributed by atoms with E-state index in [9.17, 15) is 14.7 Å². The third-order valence-electron chi connectivity index (χ3n) is 9.58. The predicted octanol–water partition coefficient (Wildman–Crippen LogP) is 5.69. The number of benzene rings is 1. The van der Waals surface area contributed by atoms with Crippen molar-refractivity contribution in [2.75, 3.05) is 13.1 Å². The fourth-order valence-electron chi connectivity index (χ4n) is 7.60. The molecule has 4 aliphatic rings. The molecule has 0 bridgehead atoms. The van der Waals surface area contributed by atoms with Crippen LogP contribution in [-0.2, 0) is 9.53 Å². The van der Waals surface area contributed by atoms with Gasteiger partial charge in [0, 0.05) is 37.1 Å². The summed E-state index contributed by atoms with van der Waals surface area (Å²) >= 11 is 0. The van der Waals surface area contributed by atoms with Crippen LogP contribution in [-0.4, -0.2) is 67.5 Å². The number of aliphatic hydroxyl groups excluding tert-OH is 1. The number of carbonyl (C=O) groups is 2. The summed E-state index contributed by atoms with van der Waals surface area (Å²) < 4.78 is 7.89. The minimum absolute atomic E-state index is 0.0378. The van der Waals surface area contributed by atoms with E-state index in [2.05, 4.69) is 21.9 Å². The highest BCUT2D eigenvalue weighted by Gasteiger charge is 2.45. The van der Waals surface area contributed by atoms with E-state index in [0.29, 0.717) is 24.3 Å². The Bertz CT molecular complexity index is 1300. The molecule has 2 amide bonds. The van der Waals surface area contributed by atoms with Crippen LogP contribution in [0.2, 0.25) is 0 Å². The van der Waals surface area contributed by atoms with Gasteiger partial charge in [0.1, 0.15) is 5.60 Å². The molecule has 3 fully saturated rings. The van der Waals surface area contributed by atoms with Crippen LogP contribution in [0.5, 0.6) is 0 Å². The van der Waals surface area contributed by atoms with Crippen LogP contribution in [0.1, 0.15) is 77.0 Å². The zero-order valence-corrected chi connectivity index (χ0v) is 25.0. The number of nitrogens with zero attached hydrogens (tertiary/aromatic N) is 4. The highest BCUT2D eigenvalue weighted by Crippen LogP contribution is 2.44. The van der Waals surface area contributed by atoms with E-state index in [-0.39, 0.29) is 30.0 Å². The number of hydrogen-bond donors (Lipinski definition) is 1. The molecule has 0 radical (unpaired) electrons. The third kappa shape index (κ3) is 6.05. The van der Waals surface area contributed by atoms with Gasteiger partial charge >= 0.3 is 6.09 Å². The Morgan fingerprint density at radius 3 is 2.43 bits per heavy atom. The van der Waals surface area contributed by atoms with Crippen LogP contribution in [0, 0.1) is 17.8 Å². The summed E-state index contributed by atoms with van der Waals surface area (Å²) in [6.45, 7) is 7.27. The molecule has 42 heavy (non-hydrogen) atoms. The number of ether oxygens (including phenoxy) is 1. The molecule has 1 N–H and O–H groups in total. The summed E-state index contributed by atoms with van der Waals surface area (Å²) in [5.74, 6) is 1.45. The van der Waals surface area contributed by atoms with E-state index < -0.39 is 11.7 Å². The van der Waals surface area contributed by atoms with Crippen LogP contribution in [0.3, 0.4) is 0 Å². The predicted molar refractivity (Wildman–Crippen MR) is 160 cm³/mol. The summed E-state index contributed by atoms with van der Waals surface area (Å²) in [6.07, 6.45) is 14.2. The fraction of sp³-hybridized carbons (Fsp3) is 0.559. The molecule has 8 nitrogen and oxygen atoms in total. The standard InChI is InChI=1S/C34H44N4O4/c1-34(2,3)42-33(41)38-28(14-15-30(38)31(39)24-8-5-4-6-9-24)18-23-10-12-25(13-11-23)32(40)36-21-26-19-29(20-27(26)22-36)37-17-7-16-35-37/h4-10,12-13,16-17,23,26-31,39H,11,14-15,18-22H2,1-3H3/t23?,26?,27?,28-,29?,30+,31+/m0/s1. The van der Waals surface area contributed by atoms with Gasteiger partial charge in [-0.05, 0) is 88.7 Å². The molecule has 2 saturated heterocycles. The lowest BCUT2D eigenvalue weighted by Crippen LogP contribution is -2.46. The topological polar surface area (TPSA) is 87.9 Å². The molecule has 224 valence electrons. The Balaban J connectivity index is 1.06. The molecule has 2 aliphatic heterocycles. The first-order valence-corrected chi connectivity index (χ1v) is 15.6. The number of amides is 2. The molecule has 3 unspecified atom stereocenters. The minimum atomic E-state index is -0.774. The second-order valence-electron chi connectivity index (χ2n) is 13.6. The van der Waals surface area contributed by atoms with Gasteiger partial charge in [0.05, 0.1) is 18.2 Å². The smallest absolute Gasteiger partial charge is 0.410 e. The average Bonchev–Trinajstić information content (AvgIpc) is 3.76. The lowest BCUT2D eigenvalue weighted by Gasteiger charge is -2.35. The van der Waals surface area contributed by atoms with E-state index in [1.54, 1.807) is 4.90 Å². The monoisotopic (exact) mass is 572 g/mol. The molecular weight excluding hydrogens is 528 g/mol. The molecule has 8 heteroatoms. The highest BCUT2D eigenvalue weighted by atomic mass is 16.6. The first kappa shape index (κ1) is 28.7. The Hall–Kier alpha value is -3.39. The van der Waals surface area contributed by atoms with E-state index in [1.165, 1.54) is 0 Å². The molecule has 1 aromatic carbocycles. The number of aromatic nitrogens is 2. The molecule has 0 spiro atoms. The summed E-state index contributed by atoms with van der Waals surface area (Å²) in [5, 5.41) is 15.7. The normalized spacial score (nSPS) is 29.9. The Morgan fingerprint density at radius 1 is 1.07 bits per heavy atom. The van der Waals surface area contributed by atoms with Crippen molar-refractivity contribution >= 4 is 12.0 Å². The zero-order chi connectivity index (χ0) is 29.4. The van der Waals surface area contributed by atoms with Crippen molar-refractivity contribution < 1.29 is 19.4 Å². The van der Waals surface area contributed by atoms with Gasteiger partial charge in [-0.25, -0.2) is 4.79 Å². The van der Waals surface area contributed by atoms with E-state index in [0.717, 1.165) is 56.3 Å². The minimum Gasteiger partial charge on any atom is -0.444 e. The first-order chi connectivity index (χ1) is 20.2. The van der Waals surface area contributed by atoms with Crippen LogP contribution >= 0.6 is 0 Å². The number of likely N-dealkylation sites (tertiary alicyclic amines) is 2. The van der Waals surface area contributed by atoms with E-state index in [4.69, 9.17) is 4.74 Å². The summed E-state index contributed by atoms with van der Waals surface area (Å²) in [7, 11) is 0. The maximum atomic E-state index is 13.4. The molecule has 2 aromatic rings. The number of allylic oxidation sites excluding steroid dienone is 2. The van der Waals surface area contributed by atoms with Crippen molar-refractivity contribution in [1.82, 2.24) is 19.6 Å². The Kier molecular flexibility index (Phi) is 8.01. The number of aliphatic hydroxyl groups is 1. The van der Waals surface area contributed by atoms with Gasteiger partial charge in [-0.2, -0.15) is 5.10 Å². The van der Waals surface area contributed by atoms with Crippen molar-refractivity contribution in [2.24, 2.45) is 17.8 Å². The third-order valence-corrected chi connectivity index (χ3v) is 9.58.